The lowest BCUT2D eigenvalue weighted by molar-refractivity contribution is -0.0214. The predicted octanol–water partition coefficient (Wildman–Crippen LogP) is 3.59. The predicted molar refractivity (Wildman–Crippen MR) is 106 cm³/mol. The van der Waals surface area contributed by atoms with E-state index >= 15 is 0 Å². The van der Waals surface area contributed by atoms with E-state index in [1.165, 1.54) is 4.90 Å². The number of rotatable bonds is 3. The molecule has 4 rings (SSSR count). The van der Waals surface area contributed by atoms with Crippen molar-refractivity contribution in [2.75, 3.05) is 19.7 Å². The molecular formula is C20H21ClN4O3. The molecule has 1 aliphatic rings. The largest absolute Gasteiger partial charge is 0.465 e. The Kier molecular flexibility index (Phi) is 4.95. The summed E-state index contributed by atoms with van der Waals surface area (Å²) >= 11 is 6.03. The van der Waals surface area contributed by atoms with Crippen molar-refractivity contribution in [2.45, 2.75) is 26.4 Å². The Morgan fingerprint density at radius 2 is 2.14 bits per heavy atom. The minimum absolute atomic E-state index is 0.231. The molecule has 8 heteroatoms. The first-order valence-electron chi connectivity index (χ1n) is 9.13. The van der Waals surface area contributed by atoms with Gasteiger partial charge in [-0.3, -0.25) is 0 Å². The summed E-state index contributed by atoms with van der Waals surface area (Å²) in [5.41, 5.74) is 5.46. The van der Waals surface area contributed by atoms with E-state index in [4.69, 9.17) is 21.3 Å². The summed E-state index contributed by atoms with van der Waals surface area (Å²) in [5.74, 6) is 0. The summed E-state index contributed by atoms with van der Waals surface area (Å²) in [5, 5.41) is 9.75. The van der Waals surface area contributed by atoms with Gasteiger partial charge < -0.3 is 19.1 Å². The first kappa shape index (κ1) is 18.7. The fourth-order valence-corrected chi connectivity index (χ4v) is 3.81. The number of carbonyl (C=O) groups is 1. The molecule has 1 aliphatic heterocycles. The van der Waals surface area contributed by atoms with Crippen LogP contribution in [0.4, 0.5) is 4.79 Å². The number of hydrogen-bond donors (Lipinski definition) is 1. The second-order valence-corrected chi connectivity index (χ2v) is 7.42. The van der Waals surface area contributed by atoms with Crippen LogP contribution in [0.3, 0.4) is 0 Å². The summed E-state index contributed by atoms with van der Waals surface area (Å²) in [6.07, 6.45) is 1.39. The molecule has 0 aliphatic carbocycles. The zero-order chi connectivity index (χ0) is 19.8. The molecular weight excluding hydrogens is 380 g/mol. The highest BCUT2D eigenvalue weighted by Crippen LogP contribution is 2.29. The highest BCUT2D eigenvalue weighted by atomic mass is 35.5. The molecule has 0 spiro atoms. The highest BCUT2D eigenvalue weighted by Gasteiger charge is 2.27. The van der Waals surface area contributed by atoms with Crippen LogP contribution in [0.25, 0.3) is 16.9 Å². The maximum absolute atomic E-state index is 11.3. The monoisotopic (exact) mass is 400 g/mol. The fraction of sp³-hybridized carbons (Fsp3) is 0.350. The quantitative estimate of drug-likeness (QED) is 0.679. The summed E-state index contributed by atoms with van der Waals surface area (Å²) < 4.78 is 7.90. The van der Waals surface area contributed by atoms with E-state index in [1.807, 2.05) is 42.6 Å². The molecule has 0 radical (unpaired) electrons. The number of pyridine rings is 2. The number of carboxylic acid groups (broad SMARTS) is 1. The van der Waals surface area contributed by atoms with Gasteiger partial charge in [0, 0.05) is 30.4 Å². The van der Waals surface area contributed by atoms with Gasteiger partial charge in [-0.05, 0) is 43.7 Å². The van der Waals surface area contributed by atoms with E-state index < -0.39 is 6.09 Å². The van der Waals surface area contributed by atoms with Crippen LogP contribution in [0.15, 0.2) is 30.5 Å². The number of nitrogens with zero attached hydrogens (tertiary/aromatic N) is 4. The molecule has 1 amide bonds. The number of aromatic nitrogens is 3. The number of ether oxygens (including phenoxy) is 1. The van der Waals surface area contributed by atoms with Crippen molar-refractivity contribution < 1.29 is 14.6 Å². The molecule has 146 valence electrons. The van der Waals surface area contributed by atoms with Gasteiger partial charge >= 0.3 is 6.09 Å². The zero-order valence-corrected chi connectivity index (χ0v) is 16.5. The summed E-state index contributed by atoms with van der Waals surface area (Å²) in [6, 6.07) is 7.73. The Hall–Kier alpha value is -2.64. The van der Waals surface area contributed by atoms with Crippen molar-refractivity contribution in [3.05, 3.63) is 52.6 Å². The van der Waals surface area contributed by atoms with Crippen LogP contribution in [-0.4, -0.2) is 56.3 Å². The van der Waals surface area contributed by atoms with Crippen molar-refractivity contribution >= 4 is 23.3 Å². The standard InChI is InChI=1S/C20H21ClN4O3/c1-12-5-6-25-16(10-14-11-24(20(26)27)7-8-28-14)19(23-18(25)9-12)15-3-4-17(21)22-13(15)2/h3-6,9,14H,7-8,10-11H2,1-2H3,(H,26,27). The smallest absolute Gasteiger partial charge is 0.407 e. The number of aryl methyl sites for hydroxylation is 2. The van der Waals surface area contributed by atoms with Crippen LogP contribution in [0.5, 0.6) is 0 Å². The number of imidazole rings is 1. The Labute approximate surface area is 167 Å². The third-order valence-electron chi connectivity index (χ3n) is 5.02. The Balaban J connectivity index is 1.78. The van der Waals surface area contributed by atoms with E-state index in [9.17, 15) is 9.90 Å². The molecule has 0 bridgehead atoms. The second-order valence-electron chi connectivity index (χ2n) is 7.03. The maximum Gasteiger partial charge on any atom is 0.407 e. The lowest BCUT2D eigenvalue weighted by atomic mass is 10.0. The molecule has 1 unspecified atom stereocenters. The van der Waals surface area contributed by atoms with Crippen molar-refractivity contribution in [3.63, 3.8) is 0 Å². The van der Waals surface area contributed by atoms with Gasteiger partial charge in [-0.2, -0.15) is 0 Å². The first-order valence-corrected chi connectivity index (χ1v) is 9.51. The molecule has 0 saturated carbocycles. The van der Waals surface area contributed by atoms with Gasteiger partial charge in [0.25, 0.3) is 0 Å². The number of amides is 1. The van der Waals surface area contributed by atoms with Gasteiger partial charge in [-0.25, -0.2) is 14.8 Å². The van der Waals surface area contributed by atoms with Gasteiger partial charge in [0.05, 0.1) is 30.6 Å². The van der Waals surface area contributed by atoms with E-state index in [0.29, 0.717) is 31.3 Å². The normalized spacial score (nSPS) is 17.2. The van der Waals surface area contributed by atoms with Crippen LogP contribution < -0.4 is 0 Å². The first-order chi connectivity index (χ1) is 13.4. The van der Waals surface area contributed by atoms with Crippen LogP contribution in [0.1, 0.15) is 17.0 Å². The maximum atomic E-state index is 11.3. The third kappa shape index (κ3) is 3.55. The molecule has 0 aromatic carbocycles. The average molecular weight is 401 g/mol. The summed E-state index contributed by atoms with van der Waals surface area (Å²) in [7, 11) is 0. The Morgan fingerprint density at radius 1 is 1.32 bits per heavy atom. The molecule has 3 aromatic heterocycles. The van der Waals surface area contributed by atoms with Crippen molar-refractivity contribution in [1.29, 1.82) is 0 Å². The molecule has 1 N–H and O–H groups in total. The number of morpholine rings is 1. The Morgan fingerprint density at radius 3 is 2.89 bits per heavy atom. The van der Waals surface area contributed by atoms with Crippen LogP contribution in [-0.2, 0) is 11.2 Å². The van der Waals surface area contributed by atoms with Gasteiger partial charge in [-0.1, -0.05) is 11.6 Å². The fourth-order valence-electron chi connectivity index (χ4n) is 3.62. The van der Waals surface area contributed by atoms with Crippen LogP contribution in [0.2, 0.25) is 5.15 Å². The van der Waals surface area contributed by atoms with Crippen molar-refractivity contribution in [3.8, 4) is 11.3 Å². The van der Waals surface area contributed by atoms with Crippen LogP contribution >= 0.6 is 11.6 Å². The molecule has 7 nitrogen and oxygen atoms in total. The lowest BCUT2D eigenvalue weighted by Gasteiger charge is -2.31. The van der Waals surface area contributed by atoms with E-state index in [1.54, 1.807) is 6.07 Å². The van der Waals surface area contributed by atoms with Crippen molar-refractivity contribution in [1.82, 2.24) is 19.3 Å². The molecule has 1 atom stereocenters. The molecule has 1 saturated heterocycles. The van der Waals surface area contributed by atoms with E-state index in [-0.39, 0.29) is 6.10 Å². The second kappa shape index (κ2) is 7.41. The third-order valence-corrected chi connectivity index (χ3v) is 5.23. The molecule has 3 aromatic rings. The van der Waals surface area contributed by atoms with Gasteiger partial charge in [-0.15, -0.1) is 0 Å². The summed E-state index contributed by atoms with van der Waals surface area (Å²) in [4.78, 5) is 22.0. The number of fused-ring (bicyclic) bond motifs is 1. The number of halogens is 1. The van der Waals surface area contributed by atoms with E-state index in [0.717, 1.165) is 33.9 Å². The number of hydrogen-bond acceptors (Lipinski definition) is 4. The average Bonchev–Trinajstić information content (AvgIpc) is 2.99. The molecule has 28 heavy (non-hydrogen) atoms. The van der Waals surface area contributed by atoms with Gasteiger partial charge in [0.15, 0.2) is 0 Å². The SMILES string of the molecule is Cc1ccn2c(CC3CN(C(=O)O)CCO3)c(-c3ccc(Cl)nc3C)nc2c1. The Bertz CT molecular complexity index is 1050. The minimum atomic E-state index is -0.917. The van der Waals surface area contributed by atoms with Crippen molar-refractivity contribution in [2.24, 2.45) is 0 Å². The highest BCUT2D eigenvalue weighted by molar-refractivity contribution is 6.29. The minimum Gasteiger partial charge on any atom is -0.465 e. The molecule has 4 heterocycles. The lowest BCUT2D eigenvalue weighted by Crippen LogP contribution is -2.45. The van der Waals surface area contributed by atoms with E-state index in [2.05, 4.69) is 4.98 Å². The topological polar surface area (TPSA) is 80.0 Å². The zero-order valence-electron chi connectivity index (χ0n) is 15.7. The summed E-state index contributed by atoms with van der Waals surface area (Å²) in [6.45, 7) is 5.06. The van der Waals surface area contributed by atoms with Gasteiger partial charge in [0.2, 0.25) is 0 Å². The van der Waals surface area contributed by atoms with Gasteiger partial charge in [0.1, 0.15) is 10.8 Å². The molecule has 1 fully saturated rings. The van der Waals surface area contributed by atoms with Crippen LogP contribution in [0, 0.1) is 13.8 Å².